The molecule has 0 saturated heterocycles. The van der Waals surface area contributed by atoms with Gasteiger partial charge in [0.05, 0.1) is 19.6 Å². The van der Waals surface area contributed by atoms with Gasteiger partial charge < -0.3 is 20.4 Å². The minimum absolute atomic E-state index is 0. The third-order valence-corrected chi connectivity index (χ3v) is 13.5. The number of fused-ring (bicyclic) bond motifs is 4. The number of phenols is 4. The van der Waals surface area contributed by atoms with Gasteiger partial charge in [-0.1, -0.05) is 24.3 Å². The molecule has 0 fully saturated rings. The van der Waals surface area contributed by atoms with E-state index in [9.17, 15) is 92.5 Å². The first-order valence-electron chi connectivity index (χ1n) is 18.7. The Morgan fingerprint density at radius 3 is 0.921 bits per heavy atom. The molecule has 0 atom stereocenters. The molecule has 36 heteroatoms. The van der Waals surface area contributed by atoms with Gasteiger partial charge in [-0.2, -0.15) is 33.7 Å². The summed E-state index contributed by atoms with van der Waals surface area (Å²) in [7, 11) is -18.8. The second-order valence-electron chi connectivity index (χ2n) is 14.4. The largest absolute Gasteiger partial charge is 1.00 e. The molecule has 76 heavy (non-hydrogen) atoms. The zero-order valence-electron chi connectivity index (χ0n) is 39.6. The first-order valence-corrected chi connectivity index (χ1v) is 24.4. The molecule has 0 bridgehead atoms. The van der Waals surface area contributed by atoms with Crippen molar-refractivity contribution in [2.24, 2.45) is 20.5 Å². The van der Waals surface area contributed by atoms with Crippen molar-refractivity contribution in [1.29, 1.82) is 0 Å². The molecule has 0 amide bonds. The Labute approximate surface area is 549 Å². The molecule has 0 saturated carbocycles. The average molecular weight is 1210 g/mol. The molecule has 0 spiro atoms. The minimum Gasteiger partial charge on any atom is -0.506 e. The molecule has 0 unspecified atom stereocenters. The number of phenolic OH excluding ortho intramolecular Hbond substituents is 4. The molecule has 8 aromatic carbocycles. The van der Waals surface area contributed by atoms with Crippen LogP contribution >= 0.6 is 0 Å². The number of nitro groups is 2. The predicted octanol–water partition coefficient (Wildman–Crippen LogP) is -6.54. The van der Waals surface area contributed by atoms with Crippen LogP contribution in [0, 0.1) is 20.2 Å². The van der Waals surface area contributed by atoms with Gasteiger partial charge in [-0.15, -0.1) is 20.5 Å². The van der Waals surface area contributed by atoms with Crippen LogP contribution in [0.1, 0.15) is 0 Å². The number of hydrogen-bond donors (Lipinski definition) is 8. The van der Waals surface area contributed by atoms with Crippen LogP contribution in [0.2, 0.25) is 0 Å². The third-order valence-electron chi connectivity index (χ3n) is 10.0. The van der Waals surface area contributed by atoms with Crippen LogP contribution in [0.3, 0.4) is 0 Å². The van der Waals surface area contributed by atoms with Crippen molar-refractivity contribution in [2.45, 2.75) is 19.6 Å². The molecule has 366 valence electrons. The Balaban J connectivity index is 0.000000704. The fourth-order valence-electron chi connectivity index (χ4n) is 6.86. The van der Waals surface area contributed by atoms with Crippen LogP contribution in [0.4, 0.5) is 34.1 Å². The fraction of sp³-hybridized carbons (Fsp3) is 0. The molecule has 0 radical (unpaired) electrons. The van der Waals surface area contributed by atoms with Crippen LogP contribution < -0.4 is 148 Å². The molecule has 8 rings (SSSR count). The van der Waals surface area contributed by atoms with Crippen molar-refractivity contribution < 1.29 is 247 Å². The van der Waals surface area contributed by atoms with Crippen molar-refractivity contribution in [3.05, 3.63) is 129 Å². The van der Waals surface area contributed by atoms with Crippen molar-refractivity contribution in [1.82, 2.24) is 0 Å². The zero-order valence-corrected chi connectivity index (χ0v) is 54.1. The Hall–Kier alpha value is -2.83. The minimum atomic E-state index is -4.89. The maximum atomic E-state index is 11.8. The quantitative estimate of drug-likeness (QED) is 0.0207. The standard InChI is InChI=1S/2C20H13N3O10S2.Cr.5Na/c2*24-16-6-1-10-7-12(34(28,29)30)3-5-13(10)19(16)21-22-20-14-4-2-11(23(26)27)8-15(14)18(9-17(20)25)35(31,32)33;;;;;;/h2*1-9,24-25H,(H,28,29,30)(H,31,32,33);;;;;;/q;;;5*+1. The summed E-state index contributed by atoms with van der Waals surface area (Å²) in [6.45, 7) is 0. The van der Waals surface area contributed by atoms with Gasteiger partial charge in [-0.25, -0.2) is 0 Å². The maximum absolute atomic E-state index is 11.8. The Morgan fingerprint density at radius 2 is 0.645 bits per heavy atom. The number of benzene rings is 8. The van der Waals surface area contributed by atoms with Crippen molar-refractivity contribution in [2.75, 3.05) is 0 Å². The molecule has 26 nitrogen and oxygen atoms in total. The number of azo groups is 2. The first-order chi connectivity index (χ1) is 32.5. The molecular formula is C40H26CrN6Na5O20S4+5. The van der Waals surface area contributed by atoms with Gasteiger partial charge in [0, 0.05) is 86.1 Å². The van der Waals surface area contributed by atoms with Crippen LogP contribution in [-0.4, -0.2) is 82.2 Å². The zero-order chi connectivity index (χ0) is 51.4. The molecule has 0 aromatic heterocycles. The van der Waals surface area contributed by atoms with Crippen LogP contribution in [0.5, 0.6) is 23.0 Å². The van der Waals surface area contributed by atoms with Gasteiger partial charge >= 0.3 is 148 Å². The SMILES string of the molecule is O=[N+]([O-])c1ccc2c(N=Nc3c(O)ccc4cc(S(=O)(=O)O)ccc34)c(O)cc(S(=O)(=O)O)c2c1.O=[N+]([O-])c1ccc2c(N=Nc3c(O)ccc4cc(S(=O)(=O)O)ccc34)c(O)cc(S(=O)(=O)O)c2c1.[Cr].[Na+].[Na+].[Na+].[Na+].[Na+]. The summed E-state index contributed by atoms with van der Waals surface area (Å²) < 4.78 is 130. The molecule has 0 aliphatic heterocycles. The second-order valence-corrected chi connectivity index (χ2v) is 20.0. The number of non-ortho nitro benzene ring substituents is 2. The summed E-state index contributed by atoms with van der Waals surface area (Å²) in [6, 6.07) is 19.4. The average Bonchev–Trinajstić information content (AvgIpc) is 3.27. The fourth-order valence-corrected chi connectivity index (χ4v) is 9.30. The van der Waals surface area contributed by atoms with E-state index in [0.29, 0.717) is 12.1 Å². The Morgan fingerprint density at radius 1 is 0.355 bits per heavy atom. The van der Waals surface area contributed by atoms with Crippen molar-refractivity contribution in [3.63, 3.8) is 0 Å². The van der Waals surface area contributed by atoms with E-state index in [1.807, 2.05) is 0 Å². The number of hydrogen-bond acceptors (Lipinski definition) is 20. The van der Waals surface area contributed by atoms with E-state index in [4.69, 9.17) is 0 Å². The van der Waals surface area contributed by atoms with E-state index >= 15 is 0 Å². The van der Waals surface area contributed by atoms with Gasteiger partial charge in [0.15, 0.2) is 0 Å². The van der Waals surface area contributed by atoms with E-state index in [2.05, 4.69) is 20.5 Å². The summed E-state index contributed by atoms with van der Waals surface area (Å²) in [5.74, 6) is -2.24. The monoisotopic (exact) mass is 1200 g/mol. The summed E-state index contributed by atoms with van der Waals surface area (Å²) >= 11 is 0. The third kappa shape index (κ3) is 15.7. The van der Waals surface area contributed by atoms with Crippen LogP contribution in [-0.2, 0) is 57.8 Å². The smallest absolute Gasteiger partial charge is 0.506 e. The number of rotatable bonds is 10. The summed E-state index contributed by atoms with van der Waals surface area (Å²) in [6.07, 6.45) is 0. The molecule has 8 N–H and O–H groups in total. The van der Waals surface area contributed by atoms with Gasteiger partial charge in [0.2, 0.25) is 0 Å². The molecular weight excluding hydrogens is 1180 g/mol. The number of nitrogens with zero attached hydrogens (tertiary/aromatic N) is 6. The van der Waals surface area contributed by atoms with Crippen LogP contribution in [0.25, 0.3) is 43.1 Å². The van der Waals surface area contributed by atoms with Crippen molar-refractivity contribution >= 4 is 118 Å². The van der Waals surface area contributed by atoms with Gasteiger partial charge in [0.1, 0.15) is 55.5 Å². The summed E-state index contributed by atoms with van der Waals surface area (Å²) in [4.78, 5) is 18.3. The number of nitro benzene ring substituents is 2. The Kier molecular flexibility index (Phi) is 25.8. The summed E-state index contributed by atoms with van der Waals surface area (Å²) in [5.41, 5.74) is -1.94. The van der Waals surface area contributed by atoms with Crippen LogP contribution in [0.15, 0.2) is 149 Å². The number of aromatic hydroxyl groups is 4. The van der Waals surface area contributed by atoms with E-state index in [1.165, 1.54) is 36.4 Å². The van der Waals surface area contributed by atoms with E-state index in [1.54, 1.807) is 0 Å². The molecule has 0 heterocycles. The topological polar surface area (TPSA) is 434 Å². The van der Waals surface area contributed by atoms with Crippen molar-refractivity contribution in [3.8, 4) is 23.0 Å². The first kappa shape index (κ1) is 71.2. The molecule has 0 aliphatic rings. The molecule has 0 aliphatic carbocycles. The van der Waals surface area contributed by atoms with E-state index in [-0.39, 0.29) is 242 Å². The summed E-state index contributed by atoms with van der Waals surface area (Å²) in [5, 5.41) is 79.3. The maximum Gasteiger partial charge on any atom is 1.00 e. The van der Waals surface area contributed by atoms with E-state index < -0.39 is 92.8 Å². The predicted molar refractivity (Wildman–Crippen MR) is 243 cm³/mol. The normalized spacial score (nSPS) is 11.5. The van der Waals surface area contributed by atoms with Gasteiger partial charge in [0.25, 0.3) is 51.8 Å². The van der Waals surface area contributed by atoms with E-state index in [0.717, 1.165) is 60.7 Å². The van der Waals surface area contributed by atoms with Gasteiger partial charge in [-0.05, 0) is 59.3 Å². The molecule has 8 aromatic rings. The Bertz CT molecular complexity index is 3900. The van der Waals surface area contributed by atoms with Gasteiger partial charge in [-0.3, -0.25) is 38.4 Å². The second kappa shape index (κ2) is 27.6.